The zero-order chi connectivity index (χ0) is 18.7. The smallest absolute Gasteiger partial charge is 0.343 e. The average molecular weight is 371 g/mol. The van der Waals surface area contributed by atoms with Gasteiger partial charge in [-0.1, -0.05) is 38.1 Å². The van der Waals surface area contributed by atoms with Crippen LogP contribution in [-0.2, 0) is 10.1 Å². The number of benzene rings is 2. The van der Waals surface area contributed by atoms with Gasteiger partial charge in [0.1, 0.15) is 16.2 Å². The van der Waals surface area contributed by atoms with E-state index in [0.717, 1.165) is 10.9 Å². The van der Waals surface area contributed by atoms with Crippen LogP contribution in [0.5, 0.6) is 11.5 Å². The summed E-state index contributed by atoms with van der Waals surface area (Å²) in [5.74, 6) is 0.657. The van der Waals surface area contributed by atoms with Crippen LogP contribution >= 0.6 is 0 Å². The highest BCUT2D eigenvalue weighted by atomic mass is 32.2. The molecule has 0 radical (unpaired) electrons. The molecule has 3 rings (SSSR count). The molecule has 0 fully saturated rings. The van der Waals surface area contributed by atoms with E-state index in [-0.39, 0.29) is 22.3 Å². The molecule has 0 aliphatic carbocycles. The second-order valence-corrected chi connectivity index (χ2v) is 7.68. The monoisotopic (exact) mass is 371 g/mol. The van der Waals surface area contributed by atoms with Gasteiger partial charge in [0, 0.05) is 11.6 Å². The molecule has 0 aliphatic rings. The molecule has 0 N–H and O–H groups in total. The lowest BCUT2D eigenvalue weighted by Gasteiger charge is -2.15. The first-order valence-electron chi connectivity index (χ1n) is 8.47. The summed E-state index contributed by atoms with van der Waals surface area (Å²) < 4.78 is 36.9. The van der Waals surface area contributed by atoms with Crippen molar-refractivity contribution in [2.45, 2.75) is 31.6 Å². The first kappa shape index (κ1) is 18.2. The lowest BCUT2D eigenvalue weighted by atomic mass is 10.0. The molecule has 0 bridgehead atoms. The van der Waals surface area contributed by atoms with Crippen molar-refractivity contribution in [2.75, 3.05) is 6.61 Å². The molecular formula is C20H21NO4S. The quantitative estimate of drug-likeness (QED) is 0.596. The summed E-state index contributed by atoms with van der Waals surface area (Å²) in [7, 11) is -4.08. The summed E-state index contributed by atoms with van der Waals surface area (Å²) in [5.41, 5.74) is 1.39. The van der Waals surface area contributed by atoms with Gasteiger partial charge in [-0.15, -0.1) is 0 Å². The van der Waals surface area contributed by atoms with E-state index < -0.39 is 10.1 Å². The molecule has 5 nitrogen and oxygen atoms in total. The molecule has 1 aromatic heterocycles. The van der Waals surface area contributed by atoms with Gasteiger partial charge in [-0.3, -0.25) is 4.98 Å². The minimum atomic E-state index is -4.08. The number of aromatic nitrogens is 1. The van der Waals surface area contributed by atoms with Crippen molar-refractivity contribution in [3.63, 3.8) is 0 Å². The number of ether oxygens (including phenoxy) is 1. The van der Waals surface area contributed by atoms with Crippen LogP contribution in [0, 0.1) is 0 Å². The average Bonchev–Trinajstić information content (AvgIpc) is 2.62. The number of hydrogen-bond acceptors (Lipinski definition) is 5. The Balaban J connectivity index is 2.08. The summed E-state index contributed by atoms with van der Waals surface area (Å²) >= 11 is 0. The molecular weight excluding hydrogens is 350 g/mol. The third-order valence-electron chi connectivity index (χ3n) is 4.00. The molecule has 3 aromatic rings. The molecule has 0 unspecified atom stereocenters. The van der Waals surface area contributed by atoms with Gasteiger partial charge >= 0.3 is 10.1 Å². The molecule has 0 atom stereocenters. The molecule has 6 heteroatoms. The van der Waals surface area contributed by atoms with Gasteiger partial charge in [0.2, 0.25) is 0 Å². The van der Waals surface area contributed by atoms with Crippen molar-refractivity contribution < 1.29 is 17.3 Å². The molecule has 0 saturated carbocycles. The van der Waals surface area contributed by atoms with Gasteiger partial charge in [-0.05, 0) is 42.7 Å². The largest absolute Gasteiger partial charge is 0.492 e. The van der Waals surface area contributed by atoms with Crippen LogP contribution in [0.2, 0.25) is 0 Å². The van der Waals surface area contributed by atoms with Crippen LogP contribution in [0.1, 0.15) is 32.3 Å². The van der Waals surface area contributed by atoms with E-state index in [1.807, 2.05) is 39.0 Å². The Morgan fingerprint density at radius 3 is 2.54 bits per heavy atom. The molecule has 1 heterocycles. The highest BCUT2D eigenvalue weighted by molar-refractivity contribution is 7.87. The van der Waals surface area contributed by atoms with Gasteiger partial charge in [-0.2, -0.15) is 8.42 Å². The number of nitrogens with zero attached hydrogens (tertiary/aromatic N) is 1. The number of rotatable bonds is 6. The van der Waals surface area contributed by atoms with Crippen LogP contribution in [-0.4, -0.2) is 20.0 Å². The molecule has 0 amide bonds. The van der Waals surface area contributed by atoms with Crippen LogP contribution in [0.15, 0.2) is 59.6 Å². The molecule has 0 saturated heterocycles. The number of fused-ring (bicyclic) bond motifs is 1. The van der Waals surface area contributed by atoms with Gasteiger partial charge in [0.05, 0.1) is 6.61 Å². The first-order valence-corrected chi connectivity index (χ1v) is 9.88. The van der Waals surface area contributed by atoms with Crippen molar-refractivity contribution in [3.05, 3.63) is 60.3 Å². The topological polar surface area (TPSA) is 65.5 Å². The lowest BCUT2D eigenvalue weighted by Crippen LogP contribution is -2.13. The Labute approximate surface area is 153 Å². The first-order chi connectivity index (χ1) is 12.4. The van der Waals surface area contributed by atoms with Crippen molar-refractivity contribution in [2.24, 2.45) is 0 Å². The zero-order valence-electron chi connectivity index (χ0n) is 15.0. The number of pyridine rings is 1. The fraction of sp³-hybridized carbons (Fsp3) is 0.250. The Morgan fingerprint density at radius 2 is 1.81 bits per heavy atom. The maximum Gasteiger partial charge on any atom is 0.343 e. The molecule has 136 valence electrons. The summed E-state index contributed by atoms with van der Waals surface area (Å²) in [6.07, 6.45) is 1.60. The third kappa shape index (κ3) is 3.65. The Kier molecular flexibility index (Phi) is 5.13. The predicted molar refractivity (Wildman–Crippen MR) is 101 cm³/mol. The van der Waals surface area contributed by atoms with Gasteiger partial charge in [0.25, 0.3) is 0 Å². The van der Waals surface area contributed by atoms with E-state index in [1.165, 1.54) is 0 Å². The van der Waals surface area contributed by atoms with Crippen LogP contribution < -0.4 is 8.92 Å². The van der Waals surface area contributed by atoms with Gasteiger partial charge in [-0.25, -0.2) is 0 Å². The van der Waals surface area contributed by atoms with Crippen LogP contribution in [0.3, 0.4) is 0 Å². The van der Waals surface area contributed by atoms with E-state index in [1.54, 1.807) is 36.5 Å². The zero-order valence-corrected chi connectivity index (χ0v) is 15.8. The van der Waals surface area contributed by atoms with Crippen molar-refractivity contribution in [1.82, 2.24) is 4.98 Å². The van der Waals surface area contributed by atoms with Gasteiger partial charge in [0.15, 0.2) is 5.75 Å². The summed E-state index contributed by atoms with van der Waals surface area (Å²) in [6.45, 7) is 6.17. The fourth-order valence-electron chi connectivity index (χ4n) is 2.66. The number of para-hydroxylation sites is 1. The van der Waals surface area contributed by atoms with E-state index >= 15 is 0 Å². The van der Waals surface area contributed by atoms with Crippen molar-refractivity contribution >= 4 is 21.0 Å². The maximum atomic E-state index is 13.0. The van der Waals surface area contributed by atoms with Crippen molar-refractivity contribution in [3.8, 4) is 11.5 Å². The lowest BCUT2D eigenvalue weighted by molar-refractivity contribution is 0.329. The van der Waals surface area contributed by atoms with Crippen LogP contribution in [0.25, 0.3) is 10.9 Å². The van der Waals surface area contributed by atoms with E-state index in [4.69, 9.17) is 8.92 Å². The minimum Gasteiger partial charge on any atom is -0.492 e. The third-order valence-corrected chi connectivity index (χ3v) is 5.26. The SMILES string of the molecule is CCOc1ccc(C(C)C)cc1S(=O)(=O)Oc1cccc2cccnc12. The second kappa shape index (κ2) is 7.33. The Bertz CT molecular complexity index is 1020. The maximum absolute atomic E-state index is 13.0. The fourth-order valence-corrected chi connectivity index (χ4v) is 3.77. The van der Waals surface area contributed by atoms with E-state index in [9.17, 15) is 8.42 Å². The molecule has 2 aromatic carbocycles. The molecule has 0 aliphatic heterocycles. The molecule has 0 spiro atoms. The number of hydrogen-bond donors (Lipinski definition) is 0. The standard InChI is InChI=1S/C20H21NO4S/c1-4-24-17-11-10-16(14(2)3)13-19(17)26(22,23)25-18-9-5-7-15-8-6-12-21-20(15)18/h5-14H,4H2,1-3H3. The van der Waals surface area contributed by atoms with Crippen LogP contribution in [0.4, 0.5) is 0 Å². The summed E-state index contributed by atoms with van der Waals surface area (Å²) in [4.78, 5) is 4.27. The van der Waals surface area contributed by atoms with E-state index in [0.29, 0.717) is 12.1 Å². The van der Waals surface area contributed by atoms with Crippen molar-refractivity contribution in [1.29, 1.82) is 0 Å². The minimum absolute atomic E-state index is 0.0264. The normalized spacial score (nSPS) is 11.7. The highest BCUT2D eigenvalue weighted by Crippen LogP contribution is 2.32. The molecule has 26 heavy (non-hydrogen) atoms. The highest BCUT2D eigenvalue weighted by Gasteiger charge is 2.24. The predicted octanol–water partition coefficient (Wildman–Crippen LogP) is 4.52. The second-order valence-electron chi connectivity index (χ2n) is 6.16. The Morgan fingerprint density at radius 1 is 1.04 bits per heavy atom. The summed E-state index contributed by atoms with van der Waals surface area (Å²) in [5, 5.41) is 0.807. The summed E-state index contributed by atoms with van der Waals surface area (Å²) in [6, 6.07) is 14.0. The Hall–Kier alpha value is -2.60. The van der Waals surface area contributed by atoms with Gasteiger partial charge < -0.3 is 8.92 Å². The van der Waals surface area contributed by atoms with E-state index in [2.05, 4.69) is 4.98 Å².